The number of amides is 1. The van der Waals surface area contributed by atoms with Crippen LogP contribution in [-0.2, 0) is 10.2 Å². The van der Waals surface area contributed by atoms with E-state index in [4.69, 9.17) is 10.5 Å². The van der Waals surface area contributed by atoms with E-state index >= 15 is 0 Å². The number of hydrogen-bond donors (Lipinski definition) is 2. The van der Waals surface area contributed by atoms with Gasteiger partial charge in [0, 0.05) is 12.0 Å². The van der Waals surface area contributed by atoms with Crippen LogP contribution < -0.4 is 11.1 Å². The number of carbonyl (C=O) groups is 1. The number of hydrogen-bond acceptors (Lipinski definition) is 3. The summed E-state index contributed by atoms with van der Waals surface area (Å²) in [4.78, 5) is 11.9. The maximum Gasteiger partial charge on any atom is 0.412 e. The van der Waals surface area contributed by atoms with Gasteiger partial charge in [-0.05, 0) is 51.3 Å². The maximum absolute atomic E-state index is 14.1. The second-order valence-corrected chi connectivity index (χ2v) is 7.37. The Morgan fingerprint density at radius 1 is 1.30 bits per heavy atom. The fourth-order valence-electron chi connectivity index (χ4n) is 3.20. The fourth-order valence-corrected chi connectivity index (χ4v) is 3.20. The Balaban J connectivity index is 2.23. The third-order valence-corrected chi connectivity index (χ3v) is 4.42. The smallest absolute Gasteiger partial charge is 0.412 e. The molecule has 1 aliphatic carbocycles. The summed E-state index contributed by atoms with van der Waals surface area (Å²) in [6.45, 7) is 5.84. The van der Waals surface area contributed by atoms with E-state index in [1.807, 2.05) is 0 Å². The van der Waals surface area contributed by atoms with Crippen LogP contribution in [0.2, 0.25) is 0 Å². The zero-order valence-corrected chi connectivity index (χ0v) is 14.2. The summed E-state index contributed by atoms with van der Waals surface area (Å²) in [6, 6.07) is 4.89. The third-order valence-electron chi connectivity index (χ3n) is 4.42. The van der Waals surface area contributed by atoms with Crippen molar-refractivity contribution >= 4 is 11.8 Å². The Labute approximate surface area is 137 Å². The Bertz CT molecular complexity index is 561. The maximum atomic E-state index is 14.1. The lowest BCUT2D eigenvalue weighted by atomic mass is 9.69. The van der Waals surface area contributed by atoms with Crippen molar-refractivity contribution in [3.63, 3.8) is 0 Å². The topological polar surface area (TPSA) is 64.3 Å². The average Bonchev–Trinajstić information content (AvgIpc) is 2.48. The van der Waals surface area contributed by atoms with E-state index < -0.39 is 17.5 Å². The Morgan fingerprint density at radius 3 is 2.52 bits per heavy atom. The first kappa shape index (κ1) is 17.7. The fraction of sp³-hybridized carbons (Fsp3) is 0.611. The summed E-state index contributed by atoms with van der Waals surface area (Å²) < 4.78 is 19.2. The van der Waals surface area contributed by atoms with Crippen molar-refractivity contribution < 1.29 is 13.9 Å². The Morgan fingerprint density at radius 2 is 1.96 bits per heavy atom. The van der Waals surface area contributed by atoms with Gasteiger partial charge in [0.1, 0.15) is 11.4 Å². The molecule has 2 rings (SSSR count). The van der Waals surface area contributed by atoms with Crippen LogP contribution in [-0.4, -0.2) is 18.2 Å². The summed E-state index contributed by atoms with van der Waals surface area (Å²) in [5.41, 5.74) is 6.44. The van der Waals surface area contributed by atoms with Gasteiger partial charge in [-0.2, -0.15) is 0 Å². The average molecular weight is 322 g/mol. The summed E-state index contributed by atoms with van der Waals surface area (Å²) in [7, 11) is 0. The number of anilines is 1. The van der Waals surface area contributed by atoms with Gasteiger partial charge in [0.15, 0.2) is 0 Å². The second-order valence-electron chi connectivity index (χ2n) is 7.37. The summed E-state index contributed by atoms with van der Waals surface area (Å²) >= 11 is 0. The van der Waals surface area contributed by atoms with Crippen LogP contribution in [0.25, 0.3) is 0 Å². The van der Waals surface area contributed by atoms with Crippen molar-refractivity contribution in [3.8, 4) is 0 Å². The molecule has 0 bridgehead atoms. The SMILES string of the molecule is CC(C)(C)OC(=O)Nc1cc(C2(CN)CCCCC2)ccc1F. The highest BCUT2D eigenvalue weighted by molar-refractivity contribution is 5.85. The van der Waals surface area contributed by atoms with Crippen LogP contribution in [0.4, 0.5) is 14.9 Å². The number of carbonyl (C=O) groups excluding carboxylic acids is 1. The lowest BCUT2D eigenvalue weighted by Crippen LogP contribution is -2.37. The van der Waals surface area contributed by atoms with Gasteiger partial charge in [0.05, 0.1) is 5.69 Å². The number of ether oxygens (including phenoxy) is 1. The molecule has 1 aliphatic rings. The van der Waals surface area contributed by atoms with E-state index in [0.29, 0.717) is 6.54 Å². The monoisotopic (exact) mass is 322 g/mol. The molecule has 0 aliphatic heterocycles. The molecule has 1 aromatic carbocycles. The third kappa shape index (κ3) is 4.44. The molecule has 3 N–H and O–H groups in total. The van der Waals surface area contributed by atoms with Gasteiger partial charge in [-0.1, -0.05) is 25.3 Å². The van der Waals surface area contributed by atoms with E-state index in [2.05, 4.69) is 5.32 Å². The Hall–Kier alpha value is -1.62. The van der Waals surface area contributed by atoms with Crippen LogP contribution in [0.15, 0.2) is 18.2 Å². The van der Waals surface area contributed by atoms with Gasteiger partial charge >= 0.3 is 6.09 Å². The molecule has 0 heterocycles. The number of benzene rings is 1. The summed E-state index contributed by atoms with van der Waals surface area (Å²) in [5.74, 6) is -0.470. The first-order valence-electron chi connectivity index (χ1n) is 8.26. The van der Waals surface area contributed by atoms with E-state index in [1.54, 1.807) is 32.9 Å². The molecule has 1 saturated carbocycles. The van der Waals surface area contributed by atoms with Crippen molar-refractivity contribution in [2.75, 3.05) is 11.9 Å². The van der Waals surface area contributed by atoms with Gasteiger partial charge < -0.3 is 10.5 Å². The van der Waals surface area contributed by atoms with Crippen molar-refractivity contribution in [3.05, 3.63) is 29.6 Å². The van der Waals surface area contributed by atoms with Gasteiger partial charge in [0.2, 0.25) is 0 Å². The normalized spacial score (nSPS) is 17.6. The van der Waals surface area contributed by atoms with Gasteiger partial charge in [-0.3, -0.25) is 5.32 Å². The van der Waals surface area contributed by atoms with E-state index in [0.717, 1.165) is 31.2 Å². The molecule has 1 fully saturated rings. The van der Waals surface area contributed by atoms with Crippen LogP contribution in [0, 0.1) is 5.82 Å². The molecule has 128 valence electrons. The summed E-state index contributed by atoms with van der Waals surface area (Å²) in [5, 5.41) is 2.51. The van der Waals surface area contributed by atoms with E-state index in [1.165, 1.54) is 12.5 Å². The highest BCUT2D eigenvalue weighted by Gasteiger charge is 2.33. The molecule has 1 amide bonds. The number of halogens is 1. The minimum Gasteiger partial charge on any atom is -0.444 e. The summed E-state index contributed by atoms with van der Waals surface area (Å²) in [6.07, 6.45) is 4.82. The lowest BCUT2D eigenvalue weighted by molar-refractivity contribution is 0.0635. The number of nitrogens with one attached hydrogen (secondary N) is 1. The van der Waals surface area contributed by atoms with Crippen LogP contribution in [0.5, 0.6) is 0 Å². The minimum absolute atomic E-state index is 0.115. The zero-order chi connectivity index (χ0) is 17.1. The van der Waals surface area contributed by atoms with Gasteiger partial charge in [-0.15, -0.1) is 0 Å². The minimum atomic E-state index is -0.654. The largest absolute Gasteiger partial charge is 0.444 e. The molecule has 0 atom stereocenters. The number of rotatable bonds is 3. The lowest BCUT2D eigenvalue weighted by Gasteiger charge is -2.37. The predicted molar refractivity (Wildman–Crippen MR) is 90.1 cm³/mol. The molecule has 0 radical (unpaired) electrons. The van der Waals surface area contributed by atoms with Crippen molar-refractivity contribution in [2.45, 2.75) is 63.9 Å². The molecule has 0 saturated heterocycles. The highest BCUT2D eigenvalue weighted by Crippen LogP contribution is 2.39. The highest BCUT2D eigenvalue weighted by atomic mass is 19.1. The quantitative estimate of drug-likeness (QED) is 0.870. The molecular formula is C18H27FN2O2. The molecule has 0 aromatic heterocycles. The van der Waals surface area contributed by atoms with Crippen LogP contribution in [0.3, 0.4) is 0 Å². The number of nitrogens with two attached hydrogens (primary N) is 1. The first-order chi connectivity index (χ1) is 10.8. The van der Waals surface area contributed by atoms with Crippen LogP contribution >= 0.6 is 0 Å². The zero-order valence-electron chi connectivity index (χ0n) is 14.2. The standard InChI is InChI=1S/C18H27FN2O2/c1-17(2,3)23-16(22)21-15-11-13(7-8-14(15)19)18(12-20)9-5-4-6-10-18/h7-8,11H,4-6,9-10,12,20H2,1-3H3,(H,21,22). The van der Waals surface area contributed by atoms with Gasteiger partial charge in [-0.25, -0.2) is 9.18 Å². The molecular weight excluding hydrogens is 295 g/mol. The molecule has 1 aromatic rings. The molecule has 0 unspecified atom stereocenters. The van der Waals surface area contributed by atoms with Crippen molar-refractivity contribution in [1.29, 1.82) is 0 Å². The first-order valence-corrected chi connectivity index (χ1v) is 8.26. The molecule has 5 heteroatoms. The van der Waals surface area contributed by atoms with Crippen molar-refractivity contribution in [2.24, 2.45) is 5.73 Å². The Kier molecular flexibility index (Phi) is 5.30. The second kappa shape index (κ2) is 6.87. The van der Waals surface area contributed by atoms with Crippen LogP contribution in [0.1, 0.15) is 58.4 Å². The van der Waals surface area contributed by atoms with Crippen molar-refractivity contribution in [1.82, 2.24) is 0 Å². The van der Waals surface area contributed by atoms with E-state index in [9.17, 15) is 9.18 Å². The predicted octanol–water partition coefficient (Wildman–Crippen LogP) is 4.33. The molecule has 0 spiro atoms. The molecule has 23 heavy (non-hydrogen) atoms. The van der Waals surface area contributed by atoms with E-state index in [-0.39, 0.29) is 11.1 Å². The molecule has 4 nitrogen and oxygen atoms in total. The van der Waals surface area contributed by atoms with Gasteiger partial charge in [0.25, 0.3) is 0 Å².